The van der Waals surface area contributed by atoms with Crippen molar-refractivity contribution in [2.24, 2.45) is 5.92 Å². The fraction of sp³-hybridized carbons (Fsp3) is 1.00. The molecule has 0 aromatic heterocycles. The van der Waals surface area contributed by atoms with Crippen LogP contribution in [0.3, 0.4) is 0 Å². The first-order chi connectivity index (χ1) is 5.70. The quantitative estimate of drug-likeness (QED) is 0.421. The molecule has 0 aliphatic heterocycles. The maximum Gasteiger partial charge on any atom is -0.00248 e. The van der Waals surface area contributed by atoms with Crippen LogP contribution in [0, 0.1) is 5.92 Å². The Morgan fingerprint density at radius 1 is 1.00 bits per heavy atom. The monoisotopic (exact) mass is 172 g/mol. The van der Waals surface area contributed by atoms with E-state index in [0.29, 0.717) is 0 Å². The molecule has 0 radical (unpaired) electrons. The average Bonchev–Trinajstić information content (AvgIpc) is 2.04. The van der Waals surface area contributed by atoms with Gasteiger partial charge in [0.05, 0.1) is 0 Å². The van der Waals surface area contributed by atoms with Crippen LogP contribution in [0.25, 0.3) is 0 Å². The highest BCUT2D eigenvalue weighted by molar-refractivity contribution is 4.55. The van der Waals surface area contributed by atoms with Crippen LogP contribution in [0.4, 0.5) is 0 Å². The summed E-state index contributed by atoms with van der Waals surface area (Å²) in [5.74, 6) is 0.979. The molecule has 0 amide bonds. The van der Waals surface area contributed by atoms with Gasteiger partial charge < -0.3 is 4.90 Å². The van der Waals surface area contributed by atoms with Gasteiger partial charge in [0.2, 0.25) is 0 Å². The summed E-state index contributed by atoms with van der Waals surface area (Å²) in [5.41, 5.74) is 0. The first-order valence-corrected chi connectivity index (χ1v) is 5.35. The highest BCUT2D eigenvalue weighted by atomic mass is 15.8. The van der Waals surface area contributed by atoms with Gasteiger partial charge in [-0.1, -0.05) is 39.5 Å². The zero-order valence-electron chi connectivity index (χ0n) is 9.27. The lowest BCUT2D eigenvalue weighted by Crippen LogP contribution is -2.13. The highest BCUT2D eigenvalue weighted by Crippen LogP contribution is 2.15. The van der Waals surface area contributed by atoms with Crippen LogP contribution in [-0.2, 0) is 0 Å². The van der Waals surface area contributed by atoms with Gasteiger partial charge in [-0.2, -0.15) is 0 Å². The molecule has 0 aliphatic carbocycles. The molecule has 0 aliphatic rings. The normalized spacial score (nSPS) is 11.5. The summed E-state index contributed by atoms with van der Waals surface area (Å²) < 4.78 is 0. The molecule has 0 aromatic carbocycles. The van der Waals surface area contributed by atoms with Gasteiger partial charge >= 0.3 is 0 Å². The second kappa shape index (κ2) is 7.60. The van der Waals surface area contributed by atoms with Crippen molar-refractivity contribution in [1.29, 1.82) is 0 Å². The Labute approximate surface area is 78.1 Å². The number of nitrogens with zero attached hydrogens (tertiary/aromatic N) is 1. The van der Waals surface area contributed by atoms with Crippen molar-refractivity contribution in [2.75, 3.05) is 20.6 Å². The fourth-order valence-electron chi connectivity index (χ4n) is 1.56. The molecule has 0 rings (SSSR count). The molecule has 1 heteroatoms. The summed E-state index contributed by atoms with van der Waals surface area (Å²) in [4.78, 5) is 2.27. The van der Waals surface area contributed by atoms with Crippen molar-refractivity contribution in [3.63, 3.8) is 0 Å². The van der Waals surface area contributed by atoms with Gasteiger partial charge in [-0.25, -0.2) is 0 Å². The number of rotatable bonds is 7. The molecule has 0 heterocycles. The molecule has 1 nitrogen and oxygen atoms in total. The maximum atomic E-state index is 2.31. The summed E-state index contributed by atoms with van der Waals surface area (Å²) in [6, 6.07) is 0. The van der Waals surface area contributed by atoms with E-state index in [9.17, 15) is 0 Å². The molecule has 74 valence electrons. The van der Waals surface area contributed by atoms with Gasteiger partial charge in [0.25, 0.3) is 0 Å². The van der Waals surface area contributed by atoms with Gasteiger partial charge in [-0.3, -0.25) is 0 Å². The third-order valence-electron chi connectivity index (χ3n) is 2.62. The van der Waals surface area contributed by atoms with E-state index in [0.717, 1.165) is 5.92 Å². The minimum Gasteiger partial charge on any atom is -0.309 e. The molecular formula is C11H25N. The van der Waals surface area contributed by atoms with Gasteiger partial charge in [0, 0.05) is 0 Å². The molecule has 0 bridgehead atoms. The largest absolute Gasteiger partial charge is 0.309 e. The summed E-state index contributed by atoms with van der Waals surface area (Å²) in [7, 11) is 4.30. The van der Waals surface area contributed by atoms with Gasteiger partial charge in [0.1, 0.15) is 0 Å². The van der Waals surface area contributed by atoms with E-state index in [-0.39, 0.29) is 0 Å². The molecule has 12 heavy (non-hydrogen) atoms. The number of hydrogen-bond acceptors (Lipinski definition) is 1. The Morgan fingerprint density at radius 2 is 1.58 bits per heavy atom. The maximum absolute atomic E-state index is 2.31. The molecule has 0 unspecified atom stereocenters. The minimum absolute atomic E-state index is 0.979. The third kappa shape index (κ3) is 6.66. The molecule has 0 aromatic rings. The van der Waals surface area contributed by atoms with Crippen LogP contribution in [-0.4, -0.2) is 25.5 Å². The van der Waals surface area contributed by atoms with Crippen molar-refractivity contribution in [2.45, 2.75) is 46.0 Å². The van der Waals surface area contributed by atoms with Crippen molar-refractivity contribution < 1.29 is 0 Å². The minimum atomic E-state index is 0.979. The molecule has 0 spiro atoms. The molecular weight excluding hydrogens is 147 g/mol. The molecule has 0 saturated carbocycles. The van der Waals surface area contributed by atoms with Crippen molar-refractivity contribution in [1.82, 2.24) is 4.90 Å². The van der Waals surface area contributed by atoms with Gasteiger partial charge in [0.15, 0.2) is 0 Å². The smallest absolute Gasteiger partial charge is 0.00248 e. The summed E-state index contributed by atoms with van der Waals surface area (Å²) in [6.07, 6.45) is 6.92. The average molecular weight is 172 g/mol. The van der Waals surface area contributed by atoms with E-state index in [2.05, 4.69) is 32.8 Å². The lowest BCUT2D eigenvalue weighted by Gasteiger charge is -2.13. The van der Waals surface area contributed by atoms with Gasteiger partial charge in [-0.15, -0.1) is 0 Å². The van der Waals surface area contributed by atoms with Crippen LogP contribution in [0.5, 0.6) is 0 Å². The van der Waals surface area contributed by atoms with Gasteiger partial charge in [-0.05, 0) is 33.0 Å². The van der Waals surface area contributed by atoms with Crippen LogP contribution >= 0.6 is 0 Å². The van der Waals surface area contributed by atoms with E-state index in [1.54, 1.807) is 0 Å². The molecule has 0 atom stereocenters. The third-order valence-corrected chi connectivity index (χ3v) is 2.62. The Balaban J connectivity index is 3.17. The molecule has 0 fully saturated rings. The topological polar surface area (TPSA) is 3.24 Å². The van der Waals surface area contributed by atoms with Crippen molar-refractivity contribution in [3.8, 4) is 0 Å². The van der Waals surface area contributed by atoms with E-state index in [4.69, 9.17) is 0 Å². The molecule has 0 saturated heterocycles. The zero-order chi connectivity index (χ0) is 9.40. The second-order valence-corrected chi connectivity index (χ2v) is 3.98. The van der Waals surface area contributed by atoms with Crippen molar-refractivity contribution >= 4 is 0 Å². The van der Waals surface area contributed by atoms with Crippen molar-refractivity contribution in [3.05, 3.63) is 0 Å². The van der Waals surface area contributed by atoms with Crippen LogP contribution in [0.2, 0.25) is 0 Å². The number of hydrogen-bond donors (Lipinski definition) is 0. The standard InChI is InChI=1S/C11H25N/c1-5-11(6-2)9-7-8-10-12(3)4/h11H,5-10H2,1-4H3/i12+1. The summed E-state index contributed by atoms with van der Waals surface area (Å²) in [5, 5.41) is 0. The SMILES string of the molecule is CCC(CC)CCCC[15N](C)C. The predicted octanol–water partition coefficient (Wildman–Crippen LogP) is 3.15. The zero-order valence-corrected chi connectivity index (χ0v) is 9.27. The Morgan fingerprint density at radius 3 is 2.00 bits per heavy atom. The van der Waals surface area contributed by atoms with Crippen LogP contribution < -0.4 is 0 Å². The molecule has 0 N–H and O–H groups in total. The lowest BCUT2D eigenvalue weighted by molar-refractivity contribution is 0.368. The summed E-state index contributed by atoms with van der Waals surface area (Å²) >= 11 is 0. The second-order valence-electron chi connectivity index (χ2n) is 3.98. The fourth-order valence-corrected chi connectivity index (χ4v) is 1.56. The number of unbranched alkanes of at least 4 members (excludes halogenated alkanes) is 1. The summed E-state index contributed by atoms with van der Waals surface area (Å²) in [6.45, 7) is 5.86. The first kappa shape index (κ1) is 12.0. The Bertz CT molecular complexity index is 85.0. The predicted molar refractivity (Wildman–Crippen MR) is 56.5 cm³/mol. The van der Waals surface area contributed by atoms with Crippen LogP contribution in [0.1, 0.15) is 46.0 Å². The Hall–Kier alpha value is -0.0400. The Kier molecular flexibility index (Phi) is 7.58. The first-order valence-electron chi connectivity index (χ1n) is 5.35. The van der Waals surface area contributed by atoms with E-state index in [1.807, 2.05) is 0 Å². The van der Waals surface area contributed by atoms with E-state index >= 15 is 0 Å². The van der Waals surface area contributed by atoms with E-state index < -0.39 is 0 Å². The highest BCUT2D eigenvalue weighted by Gasteiger charge is 2.02. The van der Waals surface area contributed by atoms with E-state index in [1.165, 1.54) is 38.6 Å². The lowest BCUT2D eigenvalue weighted by atomic mass is 9.97. The van der Waals surface area contributed by atoms with Crippen LogP contribution in [0.15, 0.2) is 0 Å².